The maximum atomic E-state index is 13.7. The Morgan fingerprint density at radius 1 is 1.18 bits per heavy atom. The van der Waals surface area contributed by atoms with Crippen LogP contribution in [-0.4, -0.2) is 71.6 Å². The minimum absolute atomic E-state index is 0.0339. The first-order valence-electron chi connectivity index (χ1n) is 12.3. The molecule has 5 rings (SSSR count). The zero-order chi connectivity index (χ0) is 27.8. The van der Waals surface area contributed by atoms with Crippen LogP contribution in [0.25, 0.3) is 16.7 Å². The molecule has 2 aliphatic heterocycles. The number of para-hydroxylation sites is 1. The number of carbonyl (C=O) groups is 1. The molecule has 1 atom stereocenters. The molecule has 3 aromatic rings. The summed E-state index contributed by atoms with van der Waals surface area (Å²) in [7, 11) is 11.0. The highest BCUT2D eigenvalue weighted by Crippen LogP contribution is 2.42. The summed E-state index contributed by atoms with van der Waals surface area (Å²) in [5.74, 6) is -0.748. The van der Waals surface area contributed by atoms with Crippen LogP contribution in [0.3, 0.4) is 0 Å². The number of hydrogen-bond acceptors (Lipinski definition) is 6. The van der Waals surface area contributed by atoms with Gasteiger partial charge in [0.15, 0.2) is 5.75 Å². The number of alkyl halides is 2. The first-order valence-corrected chi connectivity index (χ1v) is 12.3. The Bertz CT molecular complexity index is 1410. The lowest BCUT2D eigenvalue weighted by atomic mass is 9.70. The van der Waals surface area contributed by atoms with E-state index in [9.17, 15) is 18.7 Å². The number of rotatable bonds is 5. The third-order valence-corrected chi connectivity index (χ3v) is 7.50. The van der Waals surface area contributed by atoms with E-state index >= 15 is 0 Å². The van der Waals surface area contributed by atoms with E-state index in [0.29, 0.717) is 16.5 Å². The molecule has 1 fully saturated rings. The van der Waals surface area contributed by atoms with Crippen molar-refractivity contribution >= 4 is 45.2 Å². The molecule has 1 N–H and O–H groups in total. The summed E-state index contributed by atoms with van der Waals surface area (Å²) in [5, 5.41) is 10.6. The van der Waals surface area contributed by atoms with E-state index in [0.717, 1.165) is 4.90 Å². The van der Waals surface area contributed by atoms with Gasteiger partial charge in [-0.3, -0.25) is 9.36 Å². The van der Waals surface area contributed by atoms with Crippen LogP contribution in [0.2, 0.25) is 0 Å². The molecule has 0 aliphatic carbocycles. The Hall–Kier alpha value is -2.89. The predicted octanol–water partition coefficient (Wildman–Crippen LogP) is 2.77. The number of imidazole rings is 1. The summed E-state index contributed by atoms with van der Waals surface area (Å²) in [5.41, 5.74) is -2.08. The lowest BCUT2D eigenvalue weighted by Crippen LogP contribution is -2.54. The highest BCUT2D eigenvalue weighted by atomic mass is 19.3. The van der Waals surface area contributed by atoms with E-state index in [2.05, 4.69) is 0 Å². The monoisotopic (exact) mass is 519 g/mol. The molecular weight excluding hydrogens is 493 g/mol. The van der Waals surface area contributed by atoms with Crippen LogP contribution >= 0.6 is 0 Å². The van der Waals surface area contributed by atoms with Crippen molar-refractivity contribution in [2.45, 2.75) is 70.4 Å². The van der Waals surface area contributed by atoms with Gasteiger partial charge in [0.05, 0.1) is 39.4 Å². The van der Waals surface area contributed by atoms with Crippen LogP contribution in [-0.2, 0) is 9.31 Å². The quantitative estimate of drug-likeness (QED) is 0.523. The number of amides is 1. The summed E-state index contributed by atoms with van der Waals surface area (Å²) >= 11 is 0. The Balaban J connectivity index is 1.80. The van der Waals surface area contributed by atoms with Crippen molar-refractivity contribution in [3.8, 4) is 11.4 Å². The van der Waals surface area contributed by atoms with Crippen LogP contribution in [0.15, 0.2) is 36.4 Å². The first-order chi connectivity index (χ1) is 17.7. The Kier molecular flexibility index (Phi) is 6.20. The van der Waals surface area contributed by atoms with Gasteiger partial charge in [-0.1, -0.05) is 19.1 Å². The van der Waals surface area contributed by atoms with Crippen LogP contribution < -0.4 is 10.2 Å². The van der Waals surface area contributed by atoms with Crippen molar-refractivity contribution in [2.75, 3.05) is 0 Å². The number of fused-ring (bicyclic) bond motifs is 5. The van der Waals surface area contributed by atoms with Crippen molar-refractivity contribution < 1.29 is 32.7 Å². The molecule has 1 unspecified atom stereocenters. The Labute approximate surface area is 222 Å². The van der Waals surface area contributed by atoms with E-state index in [4.69, 9.17) is 34.7 Å². The molecule has 3 heterocycles. The molecule has 194 valence electrons. The normalized spacial score (nSPS) is 20.6. The number of carbonyl (C=O) groups excluding carboxylic acids is 1. The number of benzene rings is 2. The van der Waals surface area contributed by atoms with E-state index in [1.54, 1.807) is 23.6 Å². The fourth-order valence-corrected chi connectivity index (χ4v) is 4.98. The minimum Gasteiger partial charge on any atom is -0.433 e. The second-order valence-corrected chi connectivity index (χ2v) is 10.6. The fraction of sp³-hybridized carbons (Fsp3) is 0.440. The van der Waals surface area contributed by atoms with Crippen LogP contribution in [0.5, 0.6) is 5.75 Å². The molecule has 1 aromatic heterocycles. The maximum Gasteiger partial charge on any atom is 0.494 e. The molecule has 0 bridgehead atoms. The van der Waals surface area contributed by atoms with E-state index in [1.807, 2.05) is 33.8 Å². The van der Waals surface area contributed by atoms with Gasteiger partial charge in [-0.2, -0.15) is 8.78 Å². The second kappa shape index (κ2) is 8.82. The van der Waals surface area contributed by atoms with Gasteiger partial charge in [0.1, 0.15) is 27.2 Å². The number of nitrogens with zero attached hydrogens (tertiary/aromatic N) is 3. The van der Waals surface area contributed by atoms with Gasteiger partial charge in [-0.25, -0.2) is 4.98 Å². The van der Waals surface area contributed by atoms with Crippen LogP contribution in [0.4, 0.5) is 8.78 Å². The summed E-state index contributed by atoms with van der Waals surface area (Å²) < 4.78 is 45.8. The van der Waals surface area contributed by atoms with Gasteiger partial charge < -0.3 is 24.1 Å². The van der Waals surface area contributed by atoms with Gasteiger partial charge in [-0.05, 0) is 63.8 Å². The molecule has 1 amide bonds. The summed E-state index contributed by atoms with van der Waals surface area (Å²) in [6, 6.07) is 8.61. The molecule has 13 heteroatoms. The Morgan fingerprint density at radius 2 is 1.84 bits per heavy atom. The lowest BCUT2D eigenvalue weighted by molar-refractivity contribution is -0.0498. The van der Waals surface area contributed by atoms with E-state index < -0.39 is 42.4 Å². The molecule has 38 heavy (non-hydrogen) atoms. The number of aromatic nitrogens is 2. The van der Waals surface area contributed by atoms with Gasteiger partial charge in [-0.15, -0.1) is 0 Å². The summed E-state index contributed by atoms with van der Waals surface area (Å²) in [4.78, 5) is 19.3. The predicted molar refractivity (Wildman–Crippen MR) is 139 cm³/mol. The van der Waals surface area contributed by atoms with Gasteiger partial charge in [0.25, 0.3) is 5.91 Å². The molecule has 4 radical (unpaired) electrons. The average Bonchev–Trinajstić information content (AvgIpc) is 3.24. The minimum atomic E-state index is -3.16. The third-order valence-electron chi connectivity index (χ3n) is 7.50. The summed E-state index contributed by atoms with van der Waals surface area (Å²) in [6.45, 7) is 6.36. The number of halogens is 2. The Morgan fingerprint density at radius 3 is 2.42 bits per heavy atom. The van der Waals surface area contributed by atoms with Gasteiger partial charge in [0.2, 0.25) is 0 Å². The largest absolute Gasteiger partial charge is 0.494 e. The van der Waals surface area contributed by atoms with Gasteiger partial charge in [0, 0.05) is 0 Å². The highest BCUT2D eigenvalue weighted by Gasteiger charge is 2.52. The molecule has 2 aromatic carbocycles. The smallest absolute Gasteiger partial charge is 0.433 e. The molecule has 8 nitrogen and oxygen atoms in total. The number of ether oxygens (including phenoxy) is 1. The maximum absolute atomic E-state index is 13.7. The van der Waals surface area contributed by atoms with Crippen molar-refractivity contribution in [1.82, 2.24) is 14.5 Å². The average molecular weight is 519 g/mol. The van der Waals surface area contributed by atoms with Crippen LogP contribution in [0.1, 0.15) is 63.3 Å². The van der Waals surface area contributed by atoms with Crippen molar-refractivity contribution in [3.63, 3.8) is 0 Å². The zero-order valence-electron chi connectivity index (χ0n) is 21.7. The molecule has 2 aliphatic rings. The fourth-order valence-electron chi connectivity index (χ4n) is 4.98. The molecule has 0 saturated carbocycles. The molecule has 0 spiro atoms. The second-order valence-electron chi connectivity index (χ2n) is 10.6. The lowest BCUT2D eigenvalue weighted by Gasteiger charge is -2.39. The van der Waals surface area contributed by atoms with Gasteiger partial charge >= 0.3 is 13.7 Å². The standard InChI is InChI=1S/C25H26B3F2N3O5/c1-6-16-20-31-15-11-10-13(28-37-23(2,3)24(4,5)38-28)12-17(15)32(20)19-14(21(34)33(16)25(26,27)35)8-7-9-18(19)36-22(29)30/h7-12,16,22,35H,6H2,1-5H3. The number of aliphatic hydroxyl groups is 1. The zero-order valence-corrected chi connectivity index (χ0v) is 21.7. The van der Waals surface area contributed by atoms with E-state index in [1.165, 1.54) is 18.2 Å². The van der Waals surface area contributed by atoms with E-state index in [-0.39, 0.29) is 29.2 Å². The number of hydrogen-bond donors (Lipinski definition) is 1. The third kappa shape index (κ3) is 4.11. The topological polar surface area (TPSA) is 86.1 Å². The molecule has 1 saturated heterocycles. The highest BCUT2D eigenvalue weighted by molar-refractivity contribution is 6.62. The van der Waals surface area contributed by atoms with Crippen molar-refractivity contribution in [2.24, 2.45) is 0 Å². The molecular formula is C25H26B3F2N3O5. The first kappa shape index (κ1) is 26.7. The van der Waals surface area contributed by atoms with Crippen molar-refractivity contribution in [3.05, 3.63) is 47.8 Å². The summed E-state index contributed by atoms with van der Waals surface area (Å²) in [6.07, 6.45) is 0.259. The van der Waals surface area contributed by atoms with Crippen LogP contribution in [0, 0.1) is 0 Å². The van der Waals surface area contributed by atoms with Crippen molar-refractivity contribution in [1.29, 1.82) is 0 Å². The SMILES string of the molecule is [B]C([B])(O)N1C(=O)c2cccc(OC(F)F)c2-n2c(nc3ccc(B4OC(C)(C)C(C)(C)O4)cc32)C1CC.